The third-order valence-corrected chi connectivity index (χ3v) is 4.71. The molecule has 0 radical (unpaired) electrons. The van der Waals surface area contributed by atoms with Gasteiger partial charge in [-0.1, -0.05) is 0 Å². The van der Waals surface area contributed by atoms with Gasteiger partial charge in [-0.2, -0.15) is 8.78 Å². The van der Waals surface area contributed by atoms with Gasteiger partial charge in [0.05, 0.1) is 5.60 Å². The average molecular weight is 387 g/mol. The molecule has 3 N–H and O–H groups in total. The summed E-state index contributed by atoms with van der Waals surface area (Å²) in [7, 11) is 1.98. The van der Waals surface area contributed by atoms with Gasteiger partial charge < -0.3 is 34.9 Å². The quantitative estimate of drug-likeness (QED) is 0.681. The van der Waals surface area contributed by atoms with Crippen LogP contribution in [-0.2, 0) is 6.54 Å². The molecule has 3 rings (SSSR count). The largest absolute Gasteiger partial charge is 0.454 e. The fourth-order valence-corrected chi connectivity index (χ4v) is 3.00. The van der Waals surface area contributed by atoms with Crippen LogP contribution in [0.4, 0.5) is 13.6 Å². The van der Waals surface area contributed by atoms with Crippen LogP contribution in [0, 0.1) is 0 Å². The minimum atomic E-state index is -3.00. The van der Waals surface area contributed by atoms with E-state index in [1.54, 1.807) is 0 Å². The number of carbonyl (C=O) groups excluding carboxylic acids is 1. The molecule has 150 valence electrons. The van der Waals surface area contributed by atoms with E-state index < -0.39 is 18.2 Å². The van der Waals surface area contributed by atoms with Gasteiger partial charge in [-0.05, 0) is 26.0 Å². The fraction of sp³-hybridized carbons (Fsp3) is 0.588. The third-order valence-electron chi connectivity index (χ3n) is 4.71. The van der Waals surface area contributed by atoms with E-state index >= 15 is 0 Å². The van der Waals surface area contributed by atoms with Crippen LogP contribution in [0.1, 0.15) is 18.4 Å². The van der Waals surface area contributed by atoms with E-state index in [9.17, 15) is 18.7 Å². The van der Waals surface area contributed by atoms with Gasteiger partial charge in [0, 0.05) is 37.8 Å². The van der Waals surface area contributed by atoms with Crippen LogP contribution in [0.3, 0.4) is 0 Å². The second-order valence-electron chi connectivity index (χ2n) is 6.76. The van der Waals surface area contributed by atoms with Crippen LogP contribution >= 0.6 is 0 Å². The summed E-state index contributed by atoms with van der Waals surface area (Å²) in [4.78, 5) is 14.2. The SMILES string of the molecule is CN1CCC(O)(CNC(=O)NCc2cc3c(cc2OC(F)F)OCO3)CC1. The number of hydrogen-bond acceptors (Lipinski definition) is 6. The number of nitrogens with one attached hydrogen (secondary N) is 2. The zero-order valence-electron chi connectivity index (χ0n) is 15.0. The van der Waals surface area contributed by atoms with E-state index in [-0.39, 0.29) is 25.6 Å². The average Bonchev–Trinajstić information content (AvgIpc) is 3.07. The number of benzene rings is 1. The van der Waals surface area contributed by atoms with Crippen LogP contribution in [0.15, 0.2) is 12.1 Å². The third kappa shape index (κ3) is 5.10. The molecule has 0 unspecified atom stereocenters. The van der Waals surface area contributed by atoms with Crippen molar-refractivity contribution in [3.05, 3.63) is 17.7 Å². The molecule has 0 aromatic heterocycles. The summed E-state index contributed by atoms with van der Waals surface area (Å²) in [5, 5.41) is 15.7. The molecule has 2 amide bonds. The number of halogens is 2. The highest BCUT2D eigenvalue weighted by Gasteiger charge is 2.31. The molecule has 10 heteroatoms. The lowest BCUT2D eigenvalue weighted by atomic mass is 9.92. The monoisotopic (exact) mass is 387 g/mol. The van der Waals surface area contributed by atoms with Crippen LogP contribution in [0.2, 0.25) is 0 Å². The molecular weight excluding hydrogens is 364 g/mol. The molecule has 0 aliphatic carbocycles. The molecule has 8 nitrogen and oxygen atoms in total. The Morgan fingerprint density at radius 3 is 2.63 bits per heavy atom. The molecule has 1 saturated heterocycles. The first kappa shape index (κ1) is 19.4. The number of amides is 2. The maximum atomic E-state index is 12.6. The molecule has 27 heavy (non-hydrogen) atoms. The van der Waals surface area contributed by atoms with Crippen molar-refractivity contribution in [1.29, 1.82) is 0 Å². The Morgan fingerprint density at radius 2 is 1.96 bits per heavy atom. The summed E-state index contributed by atoms with van der Waals surface area (Å²) >= 11 is 0. The van der Waals surface area contributed by atoms with Crippen molar-refractivity contribution in [3.8, 4) is 17.2 Å². The number of alkyl halides is 2. The number of urea groups is 1. The molecule has 2 aliphatic rings. The minimum Gasteiger partial charge on any atom is -0.454 e. The van der Waals surface area contributed by atoms with Crippen molar-refractivity contribution in [2.24, 2.45) is 0 Å². The first-order valence-electron chi connectivity index (χ1n) is 8.65. The van der Waals surface area contributed by atoms with Gasteiger partial charge in [0.1, 0.15) is 5.75 Å². The Hall–Kier alpha value is -2.33. The Labute approximate surface area is 155 Å². The van der Waals surface area contributed by atoms with E-state index in [1.807, 2.05) is 7.05 Å². The van der Waals surface area contributed by atoms with Gasteiger partial charge in [0.25, 0.3) is 0 Å². The van der Waals surface area contributed by atoms with Crippen molar-refractivity contribution in [2.75, 3.05) is 33.5 Å². The Kier molecular flexibility index (Phi) is 5.85. The second kappa shape index (κ2) is 8.13. The Morgan fingerprint density at radius 1 is 1.30 bits per heavy atom. The smallest absolute Gasteiger partial charge is 0.387 e. The summed E-state index contributed by atoms with van der Waals surface area (Å²) in [6.45, 7) is -1.43. The van der Waals surface area contributed by atoms with E-state index in [0.29, 0.717) is 29.9 Å². The number of piperidine rings is 1. The maximum absolute atomic E-state index is 12.6. The summed E-state index contributed by atoms with van der Waals surface area (Å²) in [5.41, 5.74) is -0.611. The van der Waals surface area contributed by atoms with Crippen molar-refractivity contribution in [1.82, 2.24) is 15.5 Å². The molecule has 2 aliphatic heterocycles. The predicted molar refractivity (Wildman–Crippen MR) is 91.1 cm³/mol. The number of rotatable bonds is 6. The molecule has 1 aromatic carbocycles. The molecule has 0 atom stereocenters. The topological polar surface area (TPSA) is 92.3 Å². The number of nitrogens with zero attached hydrogens (tertiary/aromatic N) is 1. The summed E-state index contributed by atoms with van der Waals surface area (Å²) in [6.07, 6.45) is 1.14. The first-order chi connectivity index (χ1) is 12.8. The van der Waals surface area contributed by atoms with Gasteiger partial charge in [-0.25, -0.2) is 4.79 Å². The fourth-order valence-electron chi connectivity index (χ4n) is 3.00. The van der Waals surface area contributed by atoms with Crippen LogP contribution in [0.25, 0.3) is 0 Å². The molecule has 2 heterocycles. The van der Waals surface area contributed by atoms with Gasteiger partial charge in [-0.15, -0.1) is 0 Å². The zero-order chi connectivity index (χ0) is 19.4. The number of hydrogen-bond donors (Lipinski definition) is 3. The number of fused-ring (bicyclic) bond motifs is 1. The Bertz CT molecular complexity index is 681. The van der Waals surface area contributed by atoms with E-state index in [0.717, 1.165) is 13.1 Å². The number of ether oxygens (including phenoxy) is 3. The summed E-state index contributed by atoms with van der Waals surface area (Å²) < 4.78 is 40.1. The normalized spacial score (nSPS) is 18.4. The Balaban J connectivity index is 1.55. The van der Waals surface area contributed by atoms with Crippen molar-refractivity contribution in [3.63, 3.8) is 0 Å². The van der Waals surface area contributed by atoms with Crippen LogP contribution in [0.5, 0.6) is 17.2 Å². The highest BCUT2D eigenvalue weighted by molar-refractivity contribution is 5.74. The molecule has 0 saturated carbocycles. The van der Waals surface area contributed by atoms with E-state index in [4.69, 9.17) is 9.47 Å². The highest BCUT2D eigenvalue weighted by Crippen LogP contribution is 2.38. The van der Waals surface area contributed by atoms with Gasteiger partial charge in [0.2, 0.25) is 6.79 Å². The first-order valence-corrected chi connectivity index (χ1v) is 8.65. The number of likely N-dealkylation sites (tertiary alicyclic amines) is 1. The van der Waals surface area contributed by atoms with E-state index in [1.165, 1.54) is 12.1 Å². The summed E-state index contributed by atoms with van der Waals surface area (Å²) in [6, 6.07) is 2.29. The standard InChI is InChI=1S/C17H23F2N3O5/c1-22-4-2-17(24,3-5-22)9-21-16(23)20-8-11-6-13-14(26-10-25-13)7-12(11)27-15(18)19/h6-7,15,24H,2-5,8-10H2,1H3,(H2,20,21,23). The second-order valence-corrected chi connectivity index (χ2v) is 6.76. The number of aliphatic hydroxyl groups is 1. The number of carbonyl (C=O) groups is 1. The summed E-state index contributed by atoms with van der Waals surface area (Å²) in [5.74, 6) is 0.612. The van der Waals surface area contributed by atoms with E-state index in [2.05, 4.69) is 20.3 Å². The van der Waals surface area contributed by atoms with Crippen molar-refractivity contribution < 1.29 is 32.9 Å². The molecule has 1 fully saturated rings. The van der Waals surface area contributed by atoms with Gasteiger partial charge in [-0.3, -0.25) is 0 Å². The molecular formula is C17H23F2N3O5. The van der Waals surface area contributed by atoms with Crippen molar-refractivity contribution >= 4 is 6.03 Å². The van der Waals surface area contributed by atoms with Gasteiger partial charge >= 0.3 is 12.6 Å². The van der Waals surface area contributed by atoms with Gasteiger partial charge in [0.15, 0.2) is 11.5 Å². The van der Waals surface area contributed by atoms with Crippen LogP contribution < -0.4 is 24.8 Å². The lowest BCUT2D eigenvalue weighted by Crippen LogP contribution is -2.51. The lowest BCUT2D eigenvalue weighted by Gasteiger charge is -2.36. The molecule has 0 bridgehead atoms. The minimum absolute atomic E-state index is 0.00537. The lowest BCUT2D eigenvalue weighted by molar-refractivity contribution is -0.0505. The molecule has 0 spiro atoms. The van der Waals surface area contributed by atoms with Crippen molar-refractivity contribution in [2.45, 2.75) is 31.6 Å². The molecule has 1 aromatic rings. The zero-order valence-corrected chi connectivity index (χ0v) is 15.0. The highest BCUT2D eigenvalue weighted by atomic mass is 19.3. The predicted octanol–water partition coefficient (Wildman–Crippen LogP) is 1.27. The van der Waals surface area contributed by atoms with Crippen LogP contribution in [-0.4, -0.2) is 61.7 Å². The maximum Gasteiger partial charge on any atom is 0.387 e.